The predicted octanol–water partition coefficient (Wildman–Crippen LogP) is 3.43. The molecule has 2 aromatic heterocycles. The van der Waals surface area contributed by atoms with Gasteiger partial charge in [0.2, 0.25) is 0 Å². The summed E-state index contributed by atoms with van der Waals surface area (Å²) in [5.74, 6) is -0.0362. The van der Waals surface area contributed by atoms with Gasteiger partial charge in [0, 0.05) is 11.4 Å². The first kappa shape index (κ1) is 17.6. The first-order valence-corrected chi connectivity index (χ1v) is 9.08. The zero-order valence-electron chi connectivity index (χ0n) is 14.1. The molecule has 1 N–H and O–H groups in total. The van der Waals surface area contributed by atoms with Gasteiger partial charge in [0.25, 0.3) is 5.91 Å². The molecule has 2 rings (SSSR count). The Morgan fingerprint density at radius 3 is 2.65 bits per heavy atom. The molecule has 0 bridgehead atoms. The number of nitrogens with zero attached hydrogens (tertiary/aromatic N) is 4. The van der Waals surface area contributed by atoms with E-state index in [0.717, 1.165) is 21.9 Å². The first-order valence-electron chi connectivity index (χ1n) is 8.26. The van der Waals surface area contributed by atoms with E-state index in [0.29, 0.717) is 12.1 Å². The van der Waals surface area contributed by atoms with Gasteiger partial charge in [0.05, 0.1) is 5.56 Å². The number of tetrazole rings is 1. The molecule has 0 radical (unpaired) electrons. The van der Waals surface area contributed by atoms with Gasteiger partial charge in [-0.2, -0.15) is 4.68 Å². The summed E-state index contributed by atoms with van der Waals surface area (Å²) in [6.07, 6.45) is 8.81. The Balaban J connectivity index is 1.92. The molecule has 0 aliphatic carbocycles. The topological polar surface area (TPSA) is 72.7 Å². The fraction of sp³-hybridized carbons (Fsp3) is 0.625. The molecular formula is C16H25N5OS. The molecule has 23 heavy (non-hydrogen) atoms. The van der Waals surface area contributed by atoms with Crippen molar-refractivity contribution in [2.75, 3.05) is 6.54 Å². The highest BCUT2D eigenvalue weighted by Gasteiger charge is 2.21. The minimum Gasteiger partial charge on any atom is -0.352 e. The molecule has 2 aromatic rings. The molecule has 0 aliphatic heterocycles. The minimum atomic E-state index is -0.0362. The van der Waals surface area contributed by atoms with Crippen LogP contribution >= 0.6 is 11.3 Å². The van der Waals surface area contributed by atoms with Crippen LogP contribution in [0.2, 0.25) is 0 Å². The van der Waals surface area contributed by atoms with Crippen LogP contribution in [-0.2, 0) is 0 Å². The highest BCUT2D eigenvalue weighted by Crippen LogP contribution is 2.29. The Morgan fingerprint density at radius 1 is 1.22 bits per heavy atom. The van der Waals surface area contributed by atoms with Crippen molar-refractivity contribution in [3.63, 3.8) is 0 Å². The van der Waals surface area contributed by atoms with E-state index >= 15 is 0 Å². The van der Waals surface area contributed by atoms with Gasteiger partial charge in [-0.1, -0.05) is 39.0 Å². The number of nitrogens with one attached hydrogen (secondary N) is 1. The second-order valence-electron chi connectivity index (χ2n) is 5.74. The van der Waals surface area contributed by atoms with Crippen molar-refractivity contribution in [3.05, 3.63) is 22.3 Å². The van der Waals surface area contributed by atoms with Crippen molar-refractivity contribution in [2.24, 2.45) is 0 Å². The maximum atomic E-state index is 12.5. The highest BCUT2D eigenvalue weighted by molar-refractivity contribution is 7.15. The van der Waals surface area contributed by atoms with Gasteiger partial charge in [-0.3, -0.25) is 4.79 Å². The van der Waals surface area contributed by atoms with E-state index < -0.39 is 0 Å². The summed E-state index contributed by atoms with van der Waals surface area (Å²) < 4.78 is 1.56. The van der Waals surface area contributed by atoms with E-state index in [1.807, 2.05) is 13.8 Å². The third-order valence-corrected chi connectivity index (χ3v) is 5.16. The van der Waals surface area contributed by atoms with Crippen LogP contribution < -0.4 is 5.32 Å². The number of carbonyl (C=O) groups excluding carboxylic acids is 1. The molecule has 0 saturated carbocycles. The molecule has 126 valence electrons. The Bertz CT molecular complexity index is 621. The fourth-order valence-corrected chi connectivity index (χ4v) is 3.56. The Labute approximate surface area is 141 Å². The van der Waals surface area contributed by atoms with Crippen molar-refractivity contribution >= 4 is 17.2 Å². The number of rotatable bonds is 9. The zero-order chi connectivity index (χ0) is 16.7. The molecule has 1 amide bonds. The Morgan fingerprint density at radius 2 is 1.96 bits per heavy atom. The number of thiophene rings is 1. The minimum absolute atomic E-state index is 0.0362. The lowest BCUT2D eigenvalue weighted by molar-refractivity contribution is 0.0952. The number of unbranched alkanes of at least 4 members (excludes halogenated alkanes) is 5. The van der Waals surface area contributed by atoms with Crippen molar-refractivity contribution in [1.82, 2.24) is 25.5 Å². The molecule has 0 atom stereocenters. The average molecular weight is 335 g/mol. The van der Waals surface area contributed by atoms with Crippen molar-refractivity contribution in [2.45, 2.75) is 59.3 Å². The maximum absolute atomic E-state index is 12.5. The van der Waals surface area contributed by atoms with E-state index in [4.69, 9.17) is 0 Å². The highest BCUT2D eigenvalue weighted by atomic mass is 32.1. The lowest BCUT2D eigenvalue weighted by atomic mass is 10.1. The van der Waals surface area contributed by atoms with Crippen LogP contribution in [0.3, 0.4) is 0 Å². The summed E-state index contributed by atoms with van der Waals surface area (Å²) in [7, 11) is 0. The predicted molar refractivity (Wildman–Crippen MR) is 92.2 cm³/mol. The van der Waals surface area contributed by atoms with Crippen LogP contribution in [-0.4, -0.2) is 32.7 Å². The average Bonchev–Trinajstić information content (AvgIpc) is 3.15. The van der Waals surface area contributed by atoms with Gasteiger partial charge < -0.3 is 5.32 Å². The number of hydrogen-bond donors (Lipinski definition) is 1. The van der Waals surface area contributed by atoms with Gasteiger partial charge >= 0.3 is 0 Å². The largest absolute Gasteiger partial charge is 0.352 e. The third kappa shape index (κ3) is 4.60. The summed E-state index contributed by atoms with van der Waals surface area (Å²) in [6.45, 7) is 6.92. The summed E-state index contributed by atoms with van der Waals surface area (Å²) in [5.41, 5.74) is 1.69. The van der Waals surface area contributed by atoms with E-state index in [2.05, 4.69) is 27.8 Å². The molecule has 7 heteroatoms. The van der Waals surface area contributed by atoms with Crippen molar-refractivity contribution in [3.8, 4) is 5.00 Å². The molecule has 0 unspecified atom stereocenters. The lowest BCUT2D eigenvalue weighted by Gasteiger charge is -2.07. The smallest absolute Gasteiger partial charge is 0.254 e. The molecule has 0 aliphatic rings. The van der Waals surface area contributed by atoms with Crippen LogP contribution in [0.1, 0.15) is 66.2 Å². The van der Waals surface area contributed by atoms with Gasteiger partial charge in [-0.25, -0.2) is 0 Å². The van der Waals surface area contributed by atoms with Crippen molar-refractivity contribution in [1.29, 1.82) is 0 Å². The normalized spacial score (nSPS) is 10.9. The lowest BCUT2D eigenvalue weighted by Crippen LogP contribution is -2.25. The van der Waals surface area contributed by atoms with Gasteiger partial charge in [-0.15, -0.1) is 16.4 Å². The molecule has 0 aromatic carbocycles. The first-order chi connectivity index (χ1) is 11.1. The summed E-state index contributed by atoms with van der Waals surface area (Å²) in [4.78, 5) is 13.7. The van der Waals surface area contributed by atoms with Crippen molar-refractivity contribution < 1.29 is 4.79 Å². The summed E-state index contributed by atoms with van der Waals surface area (Å²) in [5, 5.41) is 15.0. The SMILES string of the molecule is CCCCCCCCNC(=O)c1c(-n2cnnn2)sc(C)c1C. The second-order valence-corrected chi connectivity index (χ2v) is 6.94. The van der Waals surface area contributed by atoms with Gasteiger partial charge in [0.15, 0.2) is 0 Å². The number of amides is 1. The second kappa shape index (κ2) is 8.76. The molecule has 2 heterocycles. The van der Waals surface area contributed by atoms with E-state index in [9.17, 15) is 4.79 Å². The Hall–Kier alpha value is -1.76. The number of hydrogen-bond acceptors (Lipinski definition) is 5. The molecule has 0 fully saturated rings. The van der Waals surface area contributed by atoms with Gasteiger partial charge in [-0.05, 0) is 36.3 Å². The summed E-state index contributed by atoms with van der Waals surface area (Å²) in [6, 6.07) is 0. The van der Waals surface area contributed by atoms with Crippen LogP contribution in [0.25, 0.3) is 5.00 Å². The van der Waals surface area contributed by atoms with Crippen LogP contribution in [0, 0.1) is 13.8 Å². The molecular weight excluding hydrogens is 310 g/mol. The molecule has 0 spiro atoms. The standard InChI is InChI=1S/C16H25N5OS/c1-4-5-6-7-8-9-10-17-15(22)14-12(2)13(3)23-16(14)21-11-18-19-20-21/h11H,4-10H2,1-3H3,(H,17,22). The van der Waals surface area contributed by atoms with E-state index in [1.54, 1.807) is 4.68 Å². The van der Waals surface area contributed by atoms with Crippen LogP contribution in [0.15, 0.2) is 6.33 Å². The van der Waals surface area contributed by atoms with E-state index in [1.165, 1.54) is 49.8 Å². The quantitative estimate of drug-likeness (QED) is 0.713. The molecule has 6 nitrogen and oxygen atoms in total. The maximum Gasteiger partial charge on any atom is 0.254 e. The van der Waals surface area contributed by atoms with E-state index in [-0.39, 0.29) is 5.91 Å². The number of carbonyl (C=O) groups is 1. The molecule has 0 saturated heterocycles. The van der Waals surface area contributed by atoms with Crippen LogP contribution in [0.4, 0.5) is 0 Å². The number of aromatic nitrogens is 4. The fourth-order valence-electron chi connectivity index (χ4n) is 2.49. The summed E-state index contributed by atoms with van der Waals surface area (Å²) >= 11 is 1.54. The third-order valence-electron chi connectivity index (χ3n) is 3.97. The zero-order valence-corrected chi connectivity index (χ0v) is 14.9. The van der Waals surface area contributed by atoms with Gasteiger partial charge in [0.1, 0.15) is 11.3 Å². The Kier molecular flexibility index (Phi) is 6.70. The monoisotopic (exact) mass is 335 g/mol. The van der Waals surface area contributed by atoms with Crippen LogP contribution in [0.5, 0.6) is 0 Å². The number of aryl methyl sites for hydroxylation is 1.